The number of hydrogen-bond acceptors (Lipinski definition) is 3. The molecule has 106 valence electrons. The summed E-state index contributed by atoms with van der Waals surface area (Å²) >= 11 is 9.81. The number of benzene rings is 1. The average molecular weight is 357 g/mol. The average Bonchev–Trinajstić information content (AvgIpc) is 2.99. The molecule has 1 heterocycles. The maximum absolute atomic E-state index is 10.6. The van der Waals surface area contributed by atoms with Gasteiger partial charge >= 0.3 is 0 Å². The Kier molecular flexibility index (Phi) is 3.84. The van der Waals surface area contributed by atoms with Crippen molar-refractivity contribution >= 4 is 27.5 Å². The van der Waals surface area contributed by atoms with Crippen molar-refractivity contribution in [1.82, 2.24) is 14.8 Å². The summed E-state index contributed by atoms with van der Waals surface area (Å²) in [4.78, 5) is -0.482. The van der Waals surface area contributed by atoms with Gasteiger partial charge in [-0.15, -0.1) is 21.8 Å². The van der Waals surface area contributed by atoms with E-state index in [0.29, 0.717) is 6.42 Å². The fraction of sp³-hybridized carbons (Fsp3) is 0.429. The third kappa shape index (κ3) is 2.90. The summed E-state index contributed by atoms with van der Waals surface area (Å²) in [6.07, 6.45) is 5.07. The van der Waals surface area contributed by atoms with Crippen LogP contribution in [0.3, 0.4) is 0 Å². The molecule has 2 unspecified atom stereocenters. The Bertz CT molecular complexity index is 569. The van der Waals surface area contributed by atoms with E-state index in [1.165, 1.54) is 0 Å². The lowest BCUT2D eigenvalue weighted by Crippen LogP contribution is -2.34. The molecular formula is C14H15BrClN3O. The molecule has 1 aromatic heterocycles. The molecule has 1 N–H and O–H groups in total. The number of aliphatic hydroxyl groups is 1. The molecule has 3 rings (SSSR count). The molecule has 6 heteroatoms. The lowest BCUT2D eigenvalue weighted by Gasteiger charge is -2.27. The van der Waals surface area contributed by atoms with Crippen molar-refractivity contribution in [1.29, 1.82) is 0 Å². The lowest BCUT2D eigenvalue weighted by molar-refractivity contribution is 0.0999. The van der Waals surface area contributed by atoms with Gasteiger partial charge in [0.2, 0.25) is 0 Å². The van der Waals surface area contributed by atoms with Gasteiger partial charge in [-0.05, 0) is 37.0 Å². The largest absolute Gasteiger partial charge is 0.389 e. The second kappa shape index (κ2) is 5.47. The van der Waals surface area contributed by atoms with Crippen molar-refractivity contribution in [2.75, 3.05) is 0 Å². The minimum absolute atomic E-state index is 0.147. The van der Waals surface area contributed by atoms with Gasteiger partial charge in [0, 0.05) is 4.47 Å². The first kappa shape index (κ1) is 14.0. The predicted octanol–water partition coefficient (Wildman–Crippen LogP) is 2.96. The summed E-state index contributed by atoms with van der Waals surface area (Å²) < 4.78 is 2.88. The highest BCUT2D eigenvalue weighted by Gasteiger charge is 2.50. The van der Waals surface area contributed by atoms with Crippen LogP contribution in [0.1, 0.15) is 24.4 Å². The number of aromatic nitrogens is 3. The lowest BCUT2D eigenvalue weighted by atomic mass is 9.98. The zero-order valence-electron chi connectivity index (χ0n) is 10.8. The van der Waals surface area contributed by atoms with Crippen LogP contribution in [-0.2, 0) is 6.42 Å². The summed E-state index contributed by atoms with van der Waals surface area (Å²) in [5, 5.41) is 18.2. The van der Waals surface area contributed by atoms with E-state index in [0.717, 1.165) is 22.9 Å². The topological polar surface area (TPSA) is 50.9 Å². The minimum atomic E-state index is -0.608. The first-order valence-electron chi connectivity index (χ1n) is 6.54. The molecule has 0 amide bonds. The van der Waals surface area contributed by atoms with E-state index in [4.69, 9.17) is 11.6 Å². The van der Waals surface area contributed by atoms with E-state index in [9.17, 15) is 5.11 Å². The van der Waals surface area contributed by atoms with E-state index in [-0.39, 0.29) is 6.04 Å². The number of hydrogen-bond donors (Lipinski definition) is 1. The van der Waals surface area contributed by atoms with E-state index in [2.05, 4.69) is 26.1 Å². The molecule has 0 saturated heterocycles. The fourth-order valence-corrected chi connectivity index (χ4v) is 2.89. The van der Waals surface area contributed by atoms with Crippen LogP contribution >= 0.6 is 27.5 Å². The molecule has 1 saturated carbocycles. The van der Waals surface area contributed by atoms with Gasteiger partial charge < -0.3 is 9.67 Å². The molecule has 2 atom stereocenters. The SMILES string of the molecule is OC(C(Cc1ccc(Br)cc1)n1cnnc1)C1(Cl)CC1. The second-order valence-electron chi connectivity index (χ2n) is 5.29. The normalized spacial score (nSPS) is 19.6. The summed E-state index contributed by atoms with van der Waals surface area (Å²) in [5.41, 5.74) is 1.15. The zero-order chi connectivity index (χ0) is 14.2. The summed E-state index contributed by atoms with van der Waals surface area (Å²) in [6.45, 7) is 0. The Labute approximate surface area is 130 Å². The summed E-state index contributed by atoms with van der Waals surface area (Å²) in [5.74, 6) is 0. The molecule has 0 aliphatic heterocycles. The van der Waals surface area contributed by atoms with E-state index in [1.807, 2.05) is 28.8 Å². The standard InChI is InChI=1S/C14H15BrClN3O/c15-11-3-1-10(2-4-11)7-12(19-8-17-18-9-19)13(20)14(16)5-6-14/h1-4,8-9,12-13,20H,5-7H2. The molecular weight excluding hydrogens is 342 g/mol. The number of nitrogens with zero attached hydrogens (tertiary/aromatic N) is 3. The van der Waals surface area contributed by atoms with Gasteiger partial charge in [0.15, 0.2) is 0 Å². The Hall–Kier alpha value is -0.910. The molecule has 4 nitrogen and oxygen atoms in total. The number of rotatable bonds is 5. The first-order valence-corrected chi connectivity index (χ1v) is 7.71. The van der Waals surface area contributed by atoms with Gasteiger partial charge in [-0.25, -0.2) is 0 Å². The quantitative estimate of drug-likeness (QED) is 0.838. The van der Waals surface area contributed by atoms with Crippen LogP contribution in [0.25, 0.3) is 0 Å². The maximum Gasteiger partial charge on any atom is 0.119 e. The number of alkyl halides is 1. The monoisotopic (exact) mass is 355 g/mol. The molecule has 20 heavy (non-hydrogen) atoms. The third-order valence-corrected chi connectivity index (χ3v) is 4.93. The molecule has 0 radical (unpaired) electrons. The van der Waals surface area contributed by atoms with Crippen LogP contribution in [0.2, 0.25) is 0 Å². The van der Waals surface area contributed by atoms with Crippen LogP contribution in [0.4, 0.5) is 0 Å². The molecule has 1 aromatic carbocycles. The van der Waals surface area contributed by atoms with Gasteiger partial charge in [-0.2, -0.15) is 0 Å². The van der Waals surface area contributed by atoms with Crippen molar-refractivity contribution in [2.45, 2.75) is 36.3 Å². The van der Waals surface area contributed by atoms with Crippen LogP contribution < -0.4 is 0 Å². The molecule has 1 aliphatic carbocycles. The van der Waals surface area contributed by atoms with E-state index < -0.39 is 11.0 Å². The van der Waals surface area contributed by atoms with Crippen LogP contribution in [-0.4, -0.2) is 30.8 Å². The zero-order valence-corrected chi connectivity index (χ0v) is 13.1. The van der Waals surface area contributed by atoms with E-state index >= 15 is 0 Å². The van der Waals surface area contributed by atoms with Crippen molar-refractivity contribution in [3.05, 3.63) is 47.0 Å². The Morgan fingerprint density at radius 2 is 1.85 bits per heavy atom. The Morgan fingerprint density at radius 1 is 1.25 bits per heavy atom. The number of halogens is 2. The third-order valence-electron chi connectivity index (χ3n) is 3.80. The second-order valence-corrected chi connectivity index (χ2v) is 6.95. The van der Waals surface area contributed by atoms with E-state index in [1.54, 1.807) is 12.7 Å². The van der Waals surface area contributed by atoms with Gasteiger partial charge in [-0.1, -0.05) is 28.1 Å². The molecule has 1 fully saturated rings. The smallest absolute Gasteiger partial charge is 0.119 e. The highest BCUT2D eigenvalue weighted by molar-refractivity contribution is 9.10. The van der Waals surface area contributed by atoms with Crippen LogP contribution in [0.5, 0.6) is 0 Å². The van der Waals surface area contributed by atoms with Gasteiger partial charge in [0.1, 0.15) is 12.7 Å². The Balaban J connectivity index is 1.84. The number of aliphatic hydroxyl groups excluding tert-OH is 1. The highest BCUT2D eigenvalue weighted by Crippen LogP contribution is 2.49. The molecule has 1 aliphatic rings. The summed E-state index contributed by atoms with van der Waals surface area (Å²) in [7, 11) is 0. The van der Waals surface area contributed by atoms with Crippen molar-refractivity contribution < 1.29 is 5.11 Å². The van der Waals surface area contributed by atoms with Gasteiger partial charge in [-0.3, -0.25) is 0 Å². The predicted molar refractivity (Wildman–Crippen MR) is 80.7 cm³/mol. The molecule has 0 spiro atoms. The maximum atomic E-state index is 10.6. The highest BCUT2D eigenvalue weighted by atomic mass is 79.9. The first-order chi connectivity index (χ1) is 9.58. The summed E-state index contributed by atoms with van der Waals surface area (Å²) in [6, 6.07) is 7.94. The van der Waals surface area contributed by atoms with Crippen LogP contribution in [0, 0.1) is 0 Å². The van der Waals surface area contributed by atoms with Gasteiger partial charge in [0.05, 0.1) is 17.0 Å². The van der Waals surface area contributed by atoms with Gasteiger partial charge in [0.25, 0.3) is 0 Å². The van der Waals surface area contributed by atoms with Crippen molar-refractivity contribution in [2.24, 2.45) is 0 Å². The molecule has 2 aromatic rings. The minimum Gasteiger partial charge on any atom is -0.389 e. The van der Waals surface area contributed by atoms with Crippen LogP contribution in [0.15, 0.2) is 41.4 Å². The van der Waals surface area contributed by atoms with Crippen molar-refractivity contribution in [3.8, 4) is 0 Å². The Morgan fingerprint density at radius 3 is 2.40 bits per heavy atom. The van der Waals surface area contributed by atoms with Crippen molar-refractivity contribution in [3.63, 3.8) is 0 Å². The fourth-order valence-electron chi connectivity index (χ4n) is 2.38. The molecule has 0 bridgehead atoms.